The van der Waals surface area contributed by atoms with Gasteiger partial charge in [0.1, 0.15) is 0 Å². The van der Waals surface area contributed by atoms with E-state index in [0.717, 1.165) is 19.4 Å². The van der Waals surface area contributed by atoms with E-state index in [1.165, 1.54) is 0 Å². The quantitative estimate of drug-likeness (QED) is 0.589. The van der Waals surface area contributed by atoms with E-state index < -0.39 is 0 Å². The number of ether oxygens (including phenoxy) is 1. The van der Waals surface area contributed by atoms with Gasteiger partial charge in [-0.05, 0) is 19.8 Å². The number of carbonyl (C=O) groups is 1. The van der Waals surface area contributed by atoms with Crippen molar-refractivity contribution in [3.05, 3.63) is 0 Å². The number of carbonyl (C=O) groups excluding carboxylic acids is 1. The molecule has 0 aliphatic carbocycles. The SMILES string of the molecule is CO[C@@H]1CC[C@@H](C)N(C(C)=O)C1. The van der Waals surface area contributed by atoms with Gasteiger partial charge in [-0.2, -0.15) is 0 Å². The van der Waals surface area contributed by atoms with E-state index in [1.54, 1.807) is 14.0 Å². The van der Waals surface area contributed by atoms with Gasteiger partial charge in [-0.15, -0.1) is 0 Å². The molecule has 0 unspecified atom stereocenters. The van der Waals surface area contributed by atoms with Gasteiger partial charge in [0.15, 0.2) is 0 Å². The zero-order chi connectivity index (χ0) is 9.14. The summed E-state index contributed by atoms with van der Waals surface area (Å²) in [4.78, 5) is 13.0. The van der Waals surface area contributed by atoms with E-state index in [0.29, 0.717) is 6.04 Å². The predicted molar refractivity (Wildman–Crippen MR) is 46.9 cm³/mol. The molecule has 1 aliphatic heterocycles. The summed E-state index contributed by atoms with van der Waals surface area (Å²) in [5.41, 5.74) is 0. The van der Waals surface area contributed by atoms with Crippen molar-refractivity contribution in [3.8, 4) is 0 Å². The first-order valence-corrected chi connectivity index (χ1v) is 4.45. The predicted octanol–water partition coefficient (Wildman–Crippen LogP) is 1.03. The second-order valence-corrected chi connectivity index (χ2v) is 3.46. The van der Waals surface area contributed by atoms with E-state index in [-0.39, 0.29) is 12.0 Å². The van der Waals surface area contributed by atoms with Crippen LogP contribution in [0.3, 0.4) is 0 Å². The second kappa shape index (κ2) is 3.90. The Balaban J connectivity index is 2.53. The lowest BCUT2D eigenvalue weighted by molar-refractivity contribution is -0.135. The van der Waals surface area contributed by atoms with Crippen molar-refractivity contribution in [2.24, 2.45) is 0 Å². The molecule has 0 aromatic rings. The van der Waals surface area contributed by atoms with E-state index >= 15 is 0 Å². The monoisotopic (exact) mass is 171 g/mol. The van der Waals surface area contributed by atoms with Gasteiger partial charge in [-0.3, -0.25) is 4.79 Å². The van der Waals surface area contributed by atoms with Crippen LogP contribution in [0, 0.1) is 0 Å². The molecular formula is C9H17NO2. The first-order valence-electron chi connectivity index (χ1n) is 4.45. The summed E-state index contributed by atoms with van der Waals surface area (Å²) in [6.45, 7) is 4.47. The third kappa shape index (κ3) is 1.97. The zero-order valence-electron chi connectivity index (χ0n) is 8.04. The highest BCUT2D eigenvalue weighted by molar-refractivity contribution is 5.73. The van der Waals surface area contributed by atoms with Crippen molar-refractivity contribution in [3.63, 3.8) is 0 Å². The van der Waals surface area contributed by atoms with Gasteiger partial charge in [0.05, 0.1) is 6.10 Å². The molecular weight excluding hydrogens is 154 g/mol. The van der Waals surface area contributed by atoms with E-state index in [4.69, 9.17) is 4.74 Å². The first kappa shape index (κ1) is 9.52. The molecule has 0 aromatic heterocycles. The van der Waals surface area contributed by atoms with Crippen LogP contribution in [0.4, 0.5) is 0 Å². The van der Waals surface area contributed by atoms with Crippen LogP contribution in [-0.4, -0.2) is 36.6 Å². The van der Waals surface area contributed by atoms with E-state index in [1.807, 2.05) is 4.90 Å². The maximum atomic E-state index is 11.1. The summed E-state index contributed by atoms with van der Waals surface area (Å²) < 4.78 is 5.23. The van der Waals surface area contributed by atoms with Gasteiger partial charge < -0.3 is 9.64 Å². The zero-order valence-corrected chi connectivity index (χ0v) is 8.04. The molecule has 3 nitrogen and oxygen atoms in total. The maximum absolute atomic E-state index is 11.1. The summed E-state index contributed by atoms with van der Waals surface area (Å²) in [6.07, 6.45) is 2.37. The summed E-state index contributed by atoms with van der Waals surface area (Å²) in [7, 11) is 1.71. The fraction of sp³-hybridized carbons (Fsp3) is 0.889. The molecule has 1 heterocycles. The number of amides is 1. The highest BCUT2D eigenvalue weighted by atomic mass is 16.5. The standard InChI is InChI=1S/C9H17NO2/c1-7-4-5-9(12-3)6-10(7)8(2)11/h7,9H,4-6H2,1-3H3/t7-,9-/m1/s1. The lowest BCUT2D eigenvalue weighted by Gasteiger charge is -2.36. The van der Waals surface area contributed by atoms with Gasteiger partial charge in [-0.25, -0.2) is 0 Å². The molecule has 0 aromatic carbocycles. The molecule has 1 aliphatic rings. The van der Waals surface area contributed by atoms with Crippen molar-refractivity contribution >= 4 is 5.91 Å². The average Bonchev–Trinajstić information content (AvgIpc) is 2.05. The largest absolute Gasteiger partial charge is 0.380 e. The molecule has 3 heteroatoms. The summed E-state index contributed by atoms with van der Waals surface area (Å²) in [5, 5.41) is 0. The summed E-state index contributed by atoms with van der Waals surface area (Å²) in [6, 6.07) is 0.383. The Morgan fingerprint density at radius 3 is 2.67 bits per heavy atom. The molecule has 70 valence electrons. The topological polar surface area (TPSA) is 29.5 Å². The van der Waals surface area contributed by atoms with Gasteiger partial charge >= 0.3 is 0 Å². The van der Waals surface area contributed by atoms with E-state index in [2.05, 4.69) is 6.92 Å². The fourth-order valence-electron chi connectivity index (χ4n) is 1.70. The van der Waals surface area contributed by atoms with Gasteiger partial charge in [0.25, 0.3) is 0 Å². The van der Waals surface area contributed by atoms with Crippen molar-refractivity contribution in [2.75, 3.05) is 13.7 Å². The molecule has 1 saturated heterocycles. The van der Waals surface area contributed by atoms with Crippen LogP contribution >= 0.6 is 0 Å². The lowest BCUT2D eigenvalue weighted by atomic mass is 10.0. The maximum Gasteiger partial charge on any atom is 0.219 e. The van der Waals surface area contributed by atoms with Crippen LogP contribution in [0.1, 0.15) is 26.7 Å². The molecule has 0 N–H and O–H groups in total. The Labute approximate surface area is 73.7 Å². The Morgan fingerprint density at radius 1 is 1.50 bits per heavy atom. The Kier molecular flexibility index (Phi) is 3.09. The minimum Gasteiger partial charge on any atom is -0.380 e. The van der Waals surface area contributed by atoms with Crippen molar-refractivity contribution in [1.82, 2.24) is 4.90 Å². The Hall–Kier alpha value is -0.570. The second-order valence-electron chi connectivity index (χ2n) is 3.46. The number of rotatable bonds is 1. The highest BCUT2D eigenvalue weighted by Gasteiger charge is 2.26. The van der Waals surface area contributed by atoms with Crippen molar-refractivity contribution in [2.45, 2.75) is 38.8 Å². The minimum atomic E-state index is 0.157. The Morgan fingerprint density at radius 2 is 2.17 bits per heavy atom. The van der Waals surface area contributed by atoms with Crippen molar-refractivity contribution in [1.29, 1.82) is 0 Å². The number of hydrogen-bond acceptors (Lipinski definition) is 2. The molecule has 0 radical (unpaired) electrons. The molecule has 1 amide bonds. The lowest BCUT2D eigenvalue weighted by Crippen LogP contribution is -2.47. The number of nitrogens with zero attached hydrogens (tertiary/aromatic N) is 1. The summed E-state index contributed by atoms with van der Waals surface area (Å²) >= 11 is 0. The van der Waals surface area contributed by atoms with Crippen LogP contribution in [0.15, 0.2) is 0 Å². The minimum absolute atomic E-state index is 0.157. The van der Waals surface area contributed by atoms with Gasteiger partial charge in [-0.1, -0.05) is 0 Å². The smallest absolute Gasteiger partial charge is 0.219 e. The molecule has 1 fully saturated rings. The molecule has 0 saturated carbocycles. The molecule has 0 bridgehead atoms. The fourth-order valence-corrected chi connectivity index (χ4v) is 1.70. The van der Waals surface area contributed by atoms with Crippen LogP contribution in [0.5, 0.6) is 0 Å². The molecule has 1 rings (SSSR count). The number of likely N-dealkylation sites (tertiary alicyclic amines) is 1. The number of methoxy groups -OCH3 is 1. The normalized spacial score (nSPS) is 30.4. The van der Waals surface area contributed by atoms with Gasteiger partial charge in [0, 0.05) is 26.6 Å². The molecule has 12 heavy (non-hydrogen) atoms. The third-order valence-electron chi connectivity index (χ3n) is 2.58. The molecule has 2 atom stereocenters. The third-order valence-corrected chi connectivity index (χ3v) is 2.58. The molecule has 0 spiro atoms. The van der Waals surface area contributed by atoms with Crippen LogP contribution in [0.25, 0.3) is 0 Å². The van der Waals surface area contributed by atoms with E-state index in [9.17, 15) is 4.79 Å². The number of piperidine rings is 1. The summed E-state index contributed by atoms with van der Waals surface area (Å²) in [5.74, 6) is 0.157. The van der Waals surface area contributed by atoms with Crippen molar-refractivity contribution < 1.29 is 9.53 Å². The highest BCUT2D eigenvalue weighted by Crippen LogP contribution is 2.18. The Bertz CT molecular complexity index is 170. The first-order chi connectivity index (χ1) is 5.65. The number of hydrogen-bond donors (Lipinski definition) is 0. The van der Waals surface area contributed by atoms with Crippen LogP contribution in [0.2, 0.25) is 0 Å². The average molecular weight is 171 g/mol. The van der Waals surface area contributed by atoms with Gasteiger partial charge in [0.2, 0.25) is 5.91 Å². The van der Waals surface area contributed by atoms with Crippen LogP contribution in [-0.2, 0) is 9.53 Å². The van der Waals surface area contributed by atoms with Crippen LogP contribution < -0.4 is 0 Å².